The van der Waals surface area contributed by atoms with Crippen LogP contribution in [0.25, 0.3) is 0 Å². The number of nitrogens with two attached hydrogens (primary N) is 1. The highest BCUT2D eigenvalue weighted by Crippen LogP contribution is 2.37. The third-order valence-electron chi connectivity index (χ3n) is 2.75. The van der Waals surface area contributed by atoms with E-state index in [1.165, 1.54) is 12.8 Å². The minimum absolute atomic E-state index is 0.268. The number of furan rings is 1. The van der Waals surface area contributed by atoms with Gasteiger partial charge >= 0.3 is 0 Å². The van der Waals surface area contributed by atoms with Crippen LogP contribution < -0.4 is 5.73 Å². The van der Waals surface area contributed by atoms with Crippen LogP contribution in [0.2, 0.25) is 0 Å². The van der Waals surface area contributed by atoms with E-state index in [9.17, 15) is 0 Å². The van der Waals surface area contributed by atoms with Gasteiger partial charge in [0.25, 0.3) is 0 Å². The van der Waals surface area contributed by atoms with Crippen LogP contribution in [0.4, 0.5) is 5.88 Å². The van der Waals surface area contributed by atoms with Gasteiger partial charge in [-0.2, -0.15) is 5.26 Å². The van der Waals surface area contributed by atoms with Gasteiger partial charge in [-0.05, 0) is 18.8 Å². The molecule has 0 aromatic carbocycles. The summed E-state index contributed by atoms with van der Waals surface area (Å²) >= 11 is 0. The first kappa shape index (κ1) is 8.18. The molecular weight excluding hydrogens is 164 g/mol. The Kier molecular flexibility index (Phi) is 1.97. The van der Waals surface area contributed by atoms with E-state index >= 15 is 0 Å². The van der Waals surface area contributed by atoms with Crippen LogP contribution in [0.5, 0.6) is 0 Å². The molecule has 0 aliphatic heterocycles. The quantitative estimate of drug-likeness (QED) is 0.714. The molecule has 1 saturated carbocycles. The van der Waals surface area contributed by atoms with Crippen LogP contribution >= 0.6 is 0 Å². The topological polar surface area (TPSA) is 63.0 Å². The summed E-state index contributed by atoms with van der Waals surface area (Å²) in [5, 5.41) is 8.86. The second kappa shape index (κ2) is 3.14. The largest absolute Gasteiger partial charge is 0.447 e. The summed E-state index contributed by atoms with van der Waals surface area (Å²) in [5.74, 6) is 0.764. The fourth-order valence-electron chi connectivity index (χ4n) is 2.04. The molecule has 0 spiro atoms. The highest BCUT2D eigenvalue weighted by molar-refractivity contribution is 5.52. The van der Waals surface area contributed by atoms with Gasteiger partial charge in [0.15, 0.2) is 0 Å². The fourth-order valence-corrected chi connectivity index (χ4v) is 2.04. The standard InChI is InChI=1S/C10H12N2O/c11-5-8-9(6-13-10(8)12)7-3-1-2-4-7/h6-7H,1-4,12H2. The van der Waals surface area contributed by atoms with Crippen molar-refractivity contribution in [2.75, 3.05) is 5.73 Å². The molecule has 2 N–H and O–H groups in total. The Hall–Kier alpha value is -1.43. The highest BCUT2D eigenvalue weighted by Gasteiger charge is 2.23. The van der Waals surface area contributed by atoms with Crippen molar-refractivity contribution >= 4 is 5.88 Å². The van der Waals surface area contributed by atoms with Crippen LogP contribution in [-0.4, -0.2) is 0 Å². The molecule has 3 heteroatoms. The van der Waals surface area contributed by atoms with Gasteiger partial charge in [-0.1, -0.05) is 12.8 Å². The first-order valence-electron chi connectivity index (χ1n) is 4.60. The SMILES string of the molecule is N#Cc1c(C2CCCC2)coc1N. The Morgan fingerprint density at radius 2 is 2.15 bits per heavy atom. The van der Waals surface area contributed by atoms with Crippen molar-refractivity contribution in [1.29, 1.82) is 5.26 Å². The number of rotatable bonds is 1. The Bertz CT molecular complexity index is 342. The smallest absolute Gasteiger partial charge is 0.208 e. The summed E-state index contributed by atoms with van der Waals surface area (Å²) in [7, 11) is 0. The molecule has 1 fully saturated rings. The van der Waals surface area contributed by atoms with E-state index in [1.807, 2.05) is 0 Å². The molecule has 0 saturated heterocycles. The lowest BCUT2D eigenvalue weighted by atomic mass is 9.97. The number of hydrogen-bond donors (Lipinski definition) is 1. The minimum Gasteiger partial charge on any atom is -0.447 e. The van der Waals surface area contributed by atoms with Crippen LogP contribution in [0.1, 0.15) is 42.7 Å². The molecule has 1 aromatic rings. The fraction of sp³-hybridized carbons (Fsp3) is 0.500. The van der Waals surface area contributed by atoms with Crippen LogP contribution in [-0.2, 0) is 0 Å². The van der Waals surface area contributed by atoms with Gasteiger partial charge < -0.3 is 10.2 Å². The molecule has 0 atom stereocenters. The second-order valence-electron chi connectivity index (χ2n) is 3.52. The van der Waals surface area contributed by atoms with Crippen molar-refractivity contribution in [1.82, 2.24) is 0 Å². The van der Waals surface area contributed by atoms with E-state index in [0.717, 1.165) is 18.4 Å². The molecule has 1 aliphatic carbocycles. The Morgan fingerprint density at radius 3 is 2.77 bits per heavy atom. The molecule has 0 unspecified atom stereocenters. The first-order chi connectivity index (χ1) is 6.33. The lowest BCUT2D eigenvalue weighted by Gasteiger charge is -2.04. The Labute approximate surface area is 77.1 Å². The Balaban J connectivity index is 2.34. The maximum Gasteiger partial charge on any atom is 0.208 e. The van der Waals surface area contributed by atoms with Gasteiger partial charge in [-0.15, -0.1) is 0 Å². The minimum atomic E-state index is 0.268. The van der Waals surface area contributed by atoms with Gasteiger partial charge in [0.2, 0.25) is 5.88 Å². The molecule has 68 valence electrons. The normalized spacial score (nSPS) is 17.5. The average Bonchev–Trinajstić information content (AvgIpc) is 2.71. The van der Waals surface area contributed by atoms with Crippen molar-refractivity contribution in [2.24, 2.45) is 0 Å². The third kappa shape index (κ3) is 1.29. The molecule has 13 heavy (non-hydrogen) atoms. The summed E-state index contributed by atoms with van der Waals surface area (Å²) in [4.78, 5) is 0. The van der Waals surface area contributed by atoms with E-state index in [-0.39, 0.29) is 5.88 Å². The van der Waals surface area contributed by atoms with E-state index < -0.39 is 0 Å². The number of hydrogen-bond acceptors (Lipinski definition) is 3. The van der Waals surface area contributed by atoms with E-state index in [0.29, 0.717) is 11.5 Å². The molecular formula is C10H12N2O. The summed E-state index contributed by atoms with van der Waals surface area (Å²) < 4.78 is 5.05. The van der Waals surface area contributed by atoms with Crippen molar-refractivity contribution in [3.63, 3.8) is 0 Å². The lowest BCUT2D eigenvalue weighted by molar-refractivity contribution is 0.576. The highest BCUT2D eigenvalue weighted by atomic mass is 16.3. The van der Waals surface area contributed by atoms with Gasteiger partial charge in [-0.25, -0.2) is 0 Å². The molecule has 1 aromatic heterocycles. The van der Waals surface area contributed by atoms with Crippen molar-refractivity contribution in [2.45, 2.75) is 31.6 Å². The van der Waals surface area contributed by atoms with Gasteiger partial charge in [0.05, 0.1) is 6.26 Å². The van der Waals surface area contributed by atoms with Crippen LogP contribution in [0.15, 0.2) is 10.7 Å². The molecule has 0 amide bonds. The first-order valence-corrected chi connectivity index (χ1v) is 4.60. The second-order valence-corrected chi connectivity index (χ2v) is 3.52. The maximum absolute atomic E-state index is 8.86. The molecule has 0 bridgehead atoms. The number of anilines is 1. The zero-order chi connectivity index (χ0) is 9.26. The summed E-state index contributed by atoms with van der Waals surface area (Å²) in [6, 6.07) is 2.10. The van der Waals surface area contributed by atoms with E-state index in [4.69, 9.17) is 15.4 Å². The zero-order valence-corrected chi connectivity index (χ0v) is 7.42. The lowest BCUT2D eigenvalue weighted by Crippen LogP contribution is -1.94. The van der Waals surface area contributed by atoms with Crippen LogP contribution in [0, 0.1) is 11.3 Å². The number of nitrogen functional groups attached to an aromatic ring is 1. The van der Waals surface area contributed by atoms with Crippen molar-refractivity contribution in [3.8, 4) is 6.07 Å². The van der Waals surface area contributed by atoms with Gasteiger partial charge in [0, 0.05) is 5.56 Å². The number of nitrogens with zero attached hydrogens (tertiary/aromatic N) is 1. The molecule has 1 aliphatic rings. The average molecular weight is 176 g/mol. The number of nitriles is 1. The molecule has 2 rings (SSSR count). The molecule has 1 heterocycles. The van der Waals surface area contributed by atoms with Crippen molar-refractivity contribution in [3.05, 3.63) is 17.4 Å². The van der Waals surface area contributed by atoms with Crippen molar-refractivity contribution < 1.29 is 4.42 Å². The predicted octanol–water partition coefficient (Wildman–Crippen LogP) is 2.39. The van der Waals surface area contributed by atoms with Gasteiger partial charge in [-0.3, -0.25) is 0 Å². The zero-order valence-electron chi connectivity index (χ0n) is 7.42. The molecule has 3 nitrogen and oxygen atoms in total. The predicted molar refractivity (Wildman–Crippen MR) is 49.0 cm³/mol. The summed E-state index contributed by atoms with van der Waals surface area (Å²) in [6.45, 7) is 0. The molecule has 0 radical (unpaired) electrons. The third-order valence-corrected chi connectivity index (χ3v) is 2.75. The Morgan fingerprint density at radius 1 is 1.46 bits per heavy atom. The van der Waals surface area contributed by atoms with Crippen LogP contribution in [0.3, 0.4) is 0 Å². The summed E-state index contributed by atoms with van der Waals surface area (Å²) in [6.07, 6.45) is 6.46. The van der Waals surface area contributed by atoms with E-state index in [2.05, 4.69) is 6.07 Å². The van der Waals surface area contributed by atoms with Gasteiger partial charge in [0.1, 0.15) is 11.6 Å². The monoisotopic (exact) mass is 176 g/mol. The summed E-state index contributed by atoms with van der Waals surface area (Å²) in [5.41, 5.74) is 7.09. The maximum atomic E-state index is 8.86. The van der Waals surface area contributed by atoms with E-state index in [1.54, 1.807) is 6.26 Å².